The van der Waals surface area contributed by atoms with Gasteiger partial charge in [0, 0.05) is 45.2 Å². The number of carbonyl (C=O) groups excluding carboxylic acids is 1. The van der Waals surface area contributed by atoms with Gasteiger partial charge in [-0.25, -0.2) is 24.0 Å². The quantitative estimate of drug-likeness (QED) is 0.163. The number of methoxy groups -OCH3 is 3. The smallest absolute Gasteiger partial charge is 0.169 e. The van der Waals surface area contributed by atoms with Gasteiger partial charge < -0.3 is 24.8 Å². The molecule has 232 valence electrons. The summed E-state index contributed by atoms with van der Waals surface area (Å²) >= 11 is 0. The number of anilines is 2. The van der Waals surface area contributed by atoms with E-state index in [0.717, 1.165) is 42.1 Å². The van der Waals surface area contributed by atoms with Crippen LogP contribution in [0.3, 0.4) is 0 Å². The van der Waals surface area contributed by atoms with Gasteiger partial charge in [0.1, 0.15) is 35.2 Å². The van der Waals surface area contributed by atoms with Crippen LogP contribution in [0.5, 0.6) is 5.75 Å². The topological polar surface area (TPSA) is 131 Å². The van der Waals surface area contributed by atoms with Crippen molar-refractivity contribution < 1.29 is 23.4 Å². The van der Waals surface area contributed by atoms with Crippen LogP contribution >= 0.6 is 0 Å². The minimum absolute atomic E-state index is 0.191. The maximum atomic E-state index is 13.8. The first kappa shape index (κ1) is 30.1. The third-order valence-electron chi connectivity index (χ3n) is 8.20. The minimum atomic E-state index is -0.478. The highest BCUT2D eigenvalue weighted by molar-refractivity contribution is 5.99. The zero-order chi connectivity index (χ0) is 31.5. The SMILES string of the molecule is COc1ccc(F)cc1C(=O)CCc1ccc(-c2nn(-c3ccc(N4CCC(C(OC)OC)C4)nc3)c3ncnc(N)c23)cc1. The zero-order valence-electron chi connectivity index (χ0n) is 25.3. The van der Waals surface area contributed by atoms with Crippen LogP contribution in [0.25, 0.3) is 28.0 Å². The summed E-state index contributed by atoms with van der Waals surface area (Å²) in [5, 5.41) is 5.52. The number of nitrogens with two attached hydrogens (primary N) is 1. The van der Waals surface area contributed by atoms with Crippen molar-refractivity contribution in [2.24, 2.45) is 5.92 Å². The third kappa shape index (κ3) is 6.06. The Balaban J connectivity index is 1.21. The molecule has 3 aromatic heterocycles. The van der Waals surface area contributed by atoms with Crippen molar-refractivity contribution in [1.29, 1.82) is 0 Å². The van der Waals surface area contributed by atoms with Crippen molar-refractivity contribution >= 4 is 28.5 Å². The lowest BCUT2D eigenvalue weighted by Gasteiger charge is -2.22. The van der Waals surface area contributed by atoms with Gasteiger partial charge in [0.25, 0.3) is 0 Å². The molecule has 11 nitrogen and oxygen atoms in total. The van der Waals surface area contributed by atoms with Crippen LogP contribution in [0.2, 0.25) is 0 Å². The highest BCUT2D eigenvalue weighted by Crippen LogP contribution is 2.33. The number of aromatic nitrogens is 5. The molecule has 1 fully saturated rings. The zero-order valence-corrected chi connectivity index (χ0v) is 25.3. The summed E-state index contributed by atoms with van der Waals surface area (Å²) in [6, 6.07) is 15.6. The van der Waals surface area contributed by atoms with Crippen LogP contribution in [0.1, 0.15) is 28.8 Å². The summed E-state index contributed by atoms with van der Waals surface area (Å²) in [5.74, 6) is 1.14. The Bertz CT molecular complexity index is 1810. The molecule has 0 bridgehead atoms. The lowest BCUT2D eigenvalue weighted by atomic mass is 10.00. The summed E-state index contributed by atoms with van der Waals surface area (Å²) in [7, 11) is 4.78. The van der Waals surface area contributed by atoms with E-state index in [1.54, 1.807) is 25.1 Å². The van der Waals surface area contributed by atoms with E-state index in [9.17, 15) is 9.18 Å². The van der Waals surface area contributed by atoms with Gasteiger partial charge in [-0.3, -0.25) is 4.79 Å². The second kappa shape index (κ2) is 13.0. The Morgan fingerprint density at radius 1 is 1.04 bits per heavy atom. The molecule has 0 amide bonds. The fourth-order valence-corrected chi connectivity index (χ4v) is 5.87. The van der Waals surface area contributed by atoms with Crippen LogP contribution in [0.15, 0.2) is 67.1 Å². The number of aryl methyl sites for hydroxylation is 1. The van der Waals surface area contributed by atoms with Gasteiger partial charge in [-0.2, -0.15) is 5.10 Å². The average molecular weight is 612 g/mol. The number of nitrogens with zero attached hydrogens (tertiary/aromatic N) is 6. The molecule has 2 N–H and O–H groups in total. The molecule has 0 radical (unpaired) electrons. The molecule has 2 aromatic carbocycles. The molecular weight excluding hydrogens is 577 g/mol. The predicted molar refractivity (Wildman–Crippen MR) is 168 cm³/mol. The number of hydrogen-bond acceptors (Lipinski definition) is 10. The Labute approximate surface area is 259 Å². The number of Topliss-reactive ketones (excluding diaryl/α,β-unsaturated/α-hetero) is 1. The van der Waals surface area contributed by atoms with Crippen molar-refractivity contribution in [1.82, 2.24) is 24.7 Å². The second-order valence-corrected chi connectivity index (χ2v) is 10.9. The molecule has 4 heterocycles. The largest absolute Gasteiger partial charge is 0.496 e. The maximum Gasteiger partial charge on any atom is 0.169 e. The molecular formula is C33H34FN7O4. The molecule has 0 aliphatic carbocycles. The normalized spacial score (nSPS) is 14.9. The number of benzene rings is 2. The Kier molecular flexibility index (Phi) is 8.67. The fraction of sp³-hybridized carbons (Fsp3) is 0.303. The van der Waals surface area contributed by atoms with Crippen molar-refractivity contribution in [3.05, 3.63) is 84.1 Å². The molecule has 12 heteroatoms. The highest BCUT2D eigenvalue weighted by atomic mass is 19.1. The fourth-order valence-electron chi connectivity index (χ4n) is 5.87. The minimum Gasteiger partial charge on any atom is -0.496 e. The number of hydrogen-bond donors (Lipinski definition) is 1. The second-order valence-electron chi connectivity index (χ2n) is 10.9. The van der Waals surface area contributed by atoms with Gasteiger partial charge in [0.2, 0.25) is 0 Å². The van der Waals surface area contributed by atoms with E-state index in [2.05, 4.69) is 14.9 Å². The van der Waals surface area contributed by atoms with E-state index in [-0.39, 0.29) is 30.0 Å². The molecule has 1 aliphatic heterocycles. The first-order valence-corrected chi connectivity index (χ1v) is 14.6. The molecule has 6 rings (SSSR count). The van der Waals surface area contributed by atoms with E-state index in [1.807, 2.05) is 36.4 Å². The van der Waals surface area contributed by atoms with E-state index in [0.29, 0.717) is 34.7 Å². The van der Waals surface area contributed by atoms with Gasteiger partial charge in [-0.15, -0.1) is 0 Å². The molecule has 0 saturated carbocycles. The summed E-state index contributed by atoms with van der Waals surface area (Å²) in [6.45, 7) is 1.66. The number of ketones is 1. The van der Waals surface area contributed by atoms with Crippen LogP contribution < -0.4 is 15.4 Å². The van der Waals surface area contributed by atoms with Gasteiger partial charge in [0.15, 0.2) is 17.7 Å². The van der Waals surface area contributed by atoms with Crippen molar-refractivity contribution in [2.75, 3.05) is 45.1 Å². The molecule has 1 aliphatic rings. The number of carbonyl (C=O) groups is 1. The van der Waals surface area contributed by atoms with Gasteiger partial charge in [-0.1, -0.05) is 24.3 Å². The Morgan fingerprint density at radius 3 is 2.56 bits per heavy atom. The lowest BCUT2D eigenvalue weighted by Crippen LogP contribution is -2.28. The molecule has 45 heavy (non-hydrogen) atoms. The standard InChI is InChI=1S/C33H34FN7O4/c1-43-27-12-9-23(34)16-25(27)26(42)11-6-20-4-7-21(8-5-20)30-29-31(35)37-19-38-32(29)41(39-30)24-10-13-28(36-17-24)40-15-14-22(18-40)33(44-2)45-3/h4-5,7-10,12-13,16-17,19,22,33H,6,11,14-15,18H2,1-3H3,(H2,35,37,38). The van der Waals surface area contributed by atoms with E-state index >= 15 is 0 Å². The monoisotopic (exact) mass is 611 g/mol. The molecule has 5 aromatic rings. The van der Waals surface area contributed by atoms with Gasteiger partial charge in [-0.05, 0) is 48.7 Å². The van der Waals surface area contributed by atoms with Crippen molar-refractivity contribution in [3.8, 4) is 22.7 Å². The summed E-state index contributed by atoms with van der Waals surface area (Å²) < 4.78 is 31.6. The number of halogens is 1. The molecule has 1 saturated heterocycles. The van der Waals surface area contributed by atoms with Crippen LogP contribution in [0, 0.1) is 11.7 Å². The van der Waals surface area contributed by atoms with E-state index in [4.69, 9.17) is 30.0 Å². The number of nitrogen functional groups attached to an aromatic ring is 1. The van der Waals surface area contributed by atoms with Crippen LogP contribution in [-0.4, -0.2) is 71.2 Å². The Morgan fingerprint density at radius 2 is 1.84 bits per heavy atom. The van der Waals surface area contributed by atoms with E-state index in [1.165, 1.54) is 31.6 Å². The average Bonchev–Trinajstić information content (AvgIpc) is 3.71. The first-order chi connectivity index (χ1) is 21.9. The van der Waals surface area contributed by atoms with Gasteiger partial charge in [0.05, 0.1) is 29.9 Å². The van der Waals surface area contributed by atoms with Crippen molar-refractivity contribution in [2.45, 2.75) is 25.6 Å². The number of pyridine rings is 1. The molecule has 1 unspecified atom stereocenters. The van der Waals surface area contributed by atoms with Gasteiger partial charge >= 0.3 is 0 Å². The van der Waals surface area contributed by atoms with E-state index < -0.39 is 5.82 Å². The van der Waals surface area contributed by atoms with Crippen LogP contribution in [-0.2, 0) is 15.9 Å². The maximum absolute atomic E-state index is 13.8. The van der Waals surface area contributed by atoms with Crippen molar-refractivity contribution in [3.63, 3.8) is 0 Å². The molecule has 1 atom stereocenters. The third-order valence-corrected chi connectivity index (χ3v) is 8.20. The van der Waals surface area contributed by atoms with Crippen LogP contribution in [0.4, 0.5) is 16.0 Å². The first-order valence-electron chi connectivity index (χ1n) is 14.6. The lowest BCUT2D eigenvalue weighted by molar-refractivity contribution is -0.132. The number of fused-ring (bicyclic) bond motifs is 1. The summed E-state index contributed by atoms with van der Waals surface area (Å²) in [6.07, 6.45) is 4.59. The number of rotatable bonds is 11. The molecule has 0 spiro atoms. The highest BCUT2D eigenvalue weighted by Gasteiger charge is 2.30. The number of ether oxygens (including phenoxy) is 3. The predicted octanol–water partition coefficient (Wildman–Crippen LogP) is 4.87. The summed E-state index contributed by atoms with van der Waals surface area (Å²) in [5.41, 5.74) is 10.3. The Hall–Kier alpha value is -4.94. The summed E-state index contributed by atoms with van der Waals surface area (Å²) in [4.78, 5) is 28.5.